The Balaban J connectivity index is 1.91. The second-order valence-corrected chi connectivity index (χ2v) is 6.45. The third kappa shape index (κ3) is 3.71. The molecule has 2 amide bonds. The highest BCUT2D eigenvalue weighted by molar-refractivity contribution is 6.31. The summed E-state index contributed by atoms with van der Waals surface area (Å²) in [5.41, 5.74) is 0.992. The summed E-state index contributed by atoms with van der Waals surface area (Å²) in [6.45, 7) is 2.28. The van der Waals surface area contributed by atoms with Crippen LogP contribution in [-0.4, -0.2) is 42.1 Å². The van der Waals surface area contributed by atoms with Crippen LogP contribution in [0.3, 0.4) is 0 Å². The molecule has 1 unspecified atom stereocenters. The van der Waals surface area contributed by atoms with Gasteiger partial charge in [0, 0.05) is 30.6 Å². The first-order valence-corrected chi connectivity index (χ1v) is 7.70. The Labute approximate surface area is 135 Å². The maximum atomic E-state index is 12.1. The monoisotopic (exact) mass is 324 g/mol. The number of rotatable bonds is 6. The second kappa shape index (κ2) is 6.57. The lowest BCUT2D eigenvalue weighted by Gasteiger charge is -2.23. The number of carbonyl (C=O) groups is 2. The molecule has 2 N–H and O–H groups in total. The number of carboxylic acid groups (broad SMARTS) is 1. The highest BCUT2D eigenvalue weighted by Crippen LogP contribution is 2.49. The van der Waals surface area contributed by atoms with Crippen LogP contribution in [0.15, 0.2) is 24.3 Å². The van der Waals surface area contributed by atoms with Gasteiger partial charge in [0.25, 0.3) is 0 Å². The molecule has 120 valence electrons. The zero-order chi connectivity index (χ0) is 16.3. The van der Waals surface area contributed by atoms with Gasteiger partial charge in [-0.15, -0.1) is 0 Å². The fourth-order valence-corrected chi connectivity index (χ4v) is 2.87. The molecule has 0 aromatic heterocycles. The van der Waals surface area contributed by atoms with Crippen molar-refractivity contribution in [2.45, 2.75) is 25.2 Å². The molecule has 0 radical (unpaired) electrons. The number of aliphatic carboxylic acids is 1. The van der Waals surface area contributed by atoms with E-state index in [1.165, 1.54) is 4.90 Å². The molecule has 0 saturated heterocycles. The minimum atomic E-state index is -0.908. The van der Waals surface area contributed by atoms with Gasteiger partial charge < -0.3 is 15.3 Å². The predicted molar refractivity (Wildman–Crippen MR) is 85.2 cm³/mol. The largest absolute Gasteiger partial charge is 0.481 e. The lowest BCUT2D eigenvalue weighted by Crippen LogP contribution is -2.43. The van der Waals surface area contributed by atoms with Gasteiger partial charge in [0.05, 0.1) is 5.92 Å². The third-order valence-corrected chi connectivity index (χ3v) is 4.52. The average Bonchev–Trinajstić information content (AvgIpc) is 3.26. The van der Waals surface area contributed by atoms with Gasteiger partial charge in [-0.2, -0.15) is 0 Å². The van der Waals surface area contributed by atoms with E-state index in [2.05, 4.69) is 5.32 Å². The summed E-state index contributed by atoms with van der Waals surface area (Å²) in [5.74, 6) is -1.50. The molecule has 1 atom stereocenters. The van der Waals surface area contributed by atoms with E-state index >= 15 is 0 Å². The van der Waals surface area contributed by atoms with Gasteiger partial charge in [0.15, 0.2) is 0 Å². The van der Waals surface area contributed by atoms with Crippen molar-refractivity contribution in [1.82, 2.24) is 10.2 Å². The van der Waals surface area contributed by atoms with E-state index in [1.54, 1.807) is 14.0 Å². The highest BCUT2D eigenvalue weighted by atomic mass is 35.5. The van der Waals surface area contributed by atoms with Crippen molar-refractivity contribution in [2.75, 3.05) is 20.1 Å². The van der Waals surface area contributed by atoms with Crippen molar-refractivity contribution < 1.29 is 14.7 Å². The molecule has 0 bridgehead atoms. The number of urea groups is 1. The van der Waals surface area contributed by atoms with E-state index in [0.717, 1.165) is 23.4 Å². The van der Waals surface area contributed by atoms with Crippen molar-refractivity contribution in [3.63, 3.8) is 0 Å². The molecular formula is C16H21ClN2O3. The van der Waals surface area contributed by atoms with E-state index in [0.29, 0.717) is 6.54 Å². The van der Waals surface area contributed by atoms with Crippen LogP contribution in [-0.2, 0) is 10.2 Å². The Bertz CT molecular complexity index is 572. The van der Waals surface area contributed by atoms with Crippen molar-refractivity contribution in [2.24, 2.45) is 5.92 Å². The number of hydrogen-bond acceptors (Lipinski definition) is 2. The molecule has 1 saturated carbocycles. The summed E-state index contributed by atoms with van der Waals surface area (Å²) in [6, 6.07) is 7.44. The Kier molecular flexibility index (Phi) is 4.96. The van der Waals surface area contributed by atoms with Crippen LogP contribution in [0.1, 0.15) is 25.3 Å². The fourth-order valence-electron chi connectivity index (χ4n) is 2.54. The van der Waals surface area contributed by atoms with Crippen LogP contribution < -0.4 is 5.32 Å². The van der Waals surface area contributed by atoms with Crippen molar-refractivity contribution >= 4 is 23.6 Å². The molecule has 1 fully saturated rings. The maximum Gasteiger partial charge on any atom is 0.317 e. The predicted octanol–water partition coefficient (Wildman–Crippen LogP) is 2.73. The number of halogens is 1. The summed E-state index contributed by atoms with van der Waals surface area (Å²) >= 11 is 6.24. The normalized spacial score (nSPS) is 16.7. The van der Waals surface area contributed by atoms with Crippen LogP contribution >= 0.6 is 11.6 Å². The molecule has 1 aromatic carbocycles. The van der Waals surface area contributed by atoms with Gasteiger partial charge in [-0.1, -0.05) is 36.7 Å². The molecule has 22 heavy (non-hydrogen) atoms. The topological polar surface area (TPSA) is 69.6 Å². The summed E-state index contributed by atoms with van der Waals surface area (Å²) in [6.07, 6.45) is 1.98. The van der Waals surface area contributed by atoms with E-state index in [-0.39, 0.29) is 18.0 Å². The third-order valence-electron chi connectivity index (χ3n) is 4.19. The number of amides is 2. The average molecular weight is 325 g/mol. The Morgan fingerprint density at radius 3 is 2.59 bits per heavy atom. The zero-order valence-corrected chi connectivity index (χ0v) is 13.6. The van der Waals surface area contributed by atoms with Crippen LogP contribution in [0.4, 0.5) is 4.79 Å². The lowest BCUT2D eigenvalue weighted by atomic mass is 9.96. The Morgan fingerprint density at radius 1 is 1.41 bits per heavy atom. The zero-order valence-electron chi connectivity index (χ0n) is 12.8. The molecule has 1 aliphatic rings. The lowest BCUT2D eigenvalue weighted by molar-refractivity contribution is -0.141. The SMILES string of the molecule is CC(CN(C)C(=O)NCC1(c2ccccc2Cl)CC1)C(=O)O. The van der Waals surface area contributed by atoms with E-state index in [4.69, 9.17) is 16.7 Å². The molecule has 2 rings (SSSR count). The van der Waals surface area contributed by atoms with E-state index < -0.39 is 11.9 Å². The summed E-state index contributed by atoms with van der Waals surface area (Å²) in [7, 11) is 1.60. The van der Waals surface area contributed by atoms with E-state index in [1.807, 2.05) is 24.3 Å². The Hall–Kier alpha value is -1.75. The first kappa shape index (κ1) is 16.6. The molecule has 1 aliphatic carbocycles. The molecule has 1 aromatic rings. The molecule has 0 heterocycles. The molecular weight excluding hydrogens is 304 g/mol. The van der Waals surface area contributed by atoms with Gasteiger partial charge in [0.1, 0.15) is 0 Å². The minimum absolute atomic E-state index is 0.0761. The van der Waals surface area contributed by atoms with Gasteiger partial charge in [-0.25, -0.2) is 4.79 Å². The summed E-state index contributed by atoms with van der Waals surface area (Å²) in [4.78, 5) is 24.3. The first-order valence-electron chi connectivity index (χ1n) is 7.32. The first-order chi connectivity index (χ1) is 10.4. The number of benzene rings is 1. The summed E-state index contributed by atoms with van der Waals surface area (Å²) in [5, 5.41) is 12.5. The molecule has 6 heteroatoms. The van der Waals surface area contributed by atoms with E-state index in [9.17, 15) is 9.59 Å². The van der Waals surface area contributed by atoms with Gasteiger partial charge >= 0.3 is 12.0 Å². The highest BCUT2D eigenvalue weighted by Gasteiger charge is 2.45. The van der Waals surface area contributed by atoms with Crippen molar-refractivity contribution in [1.29, 1.82) is 0 Å². The fraction of sp³-hybridized carbons (Fsp3) is 0.500. The van der Waals surface area contributed by atoms with Crippen LogP contribution in [0.25, 0.3) is 0 Å². The van der Waals surface area contributed by atoms with Gasteiger partial charge in [-0.3, -0.25) is 4.79 Å². The van der Waals surface area contributed by atoms with Gasteiger partial charge in [-0.05, 0) is 24.5 Å². The minimum Gasteiger partial charge on any atom is -0.481 e. The maximum absolute atomic E-state index is 12.1. The second-order valence-electron chi connectivity index (χ2n) is 6.04. The van der Waals surface area contributed by atoms with Gasteiger partial charge in [0.2, 0.25) is 0 Å². The van der Waals surface area contributed by atoms with Crippen LogP contribution in [0.2, 0.25) is 5.02 Å². The standard InChI is InChI=1S/C16H21ClN2O3/c1-11(14(20)21)9-19(2)15(22)18-10-16(7-8-16)12-5-3-4-6-13(12)17/h3-6,11H,7-10H2,1-2H3,(H,18,22)(H,20,21). The smallest absolute Gasteiger partial charge is 0.317 e. The molecule has 0 aliphatic heterocycles. The number of nitrogens with zero attached hydrogens (tertiary/aromatic N) is 1. The number of carboxylic acids is 1. The molecule has 0 spiro atoms. The Morgan fingerprint density at radius 2 is 2.05 bits per heavy atom. The summed E-state index contributed by atoms with van der Waals surface area (Å²) < 4.78 is 0. The number of carbonyl (C=O) groups excluding carboxylic acids is 1. The number of hydrogen-bond donors (Lipinski definition) is 2. The van der Waals surface area contributed by atoms with Crippen molar-refractivity contribution in [3.8, 4) is 0 Å². The quantitative estimate of drug-likeness (QED) is 0.845. The van der Waals surface area contributed by atoms with Crippen molar-refractivity contribution in [3.05, 3.63) is 34.9 Å². The van der Waals surface area contributed by atoms with Crippen LogP contribution in [0.5, 0.6) is 0 Å². The van der Waals surface area contributed by atoms with Crippen LogP contribution in [0, 0.1) is 5.92 Å². The molecule has 5 nitrogen and oxygen atoms in total. The number of nitrogens with one attached hydrogen (secondary N) is 1.